The fourth-order valence-electron chi connectivity index (χ4n) is 1.82. The lowest BCUT2D eigenvalue weighted by molar-refractivity contribution is 1.10. The normalized spacial score (nSPS) is 10.7. The van der Waals surface area contributed by atoms with Crippen molar-refractivity contribution in [2.75, 3.05) is 5.73 Å². The largest absolute Gasteiger partial charge is 0.382 e. The molecule has 0 aromatic carbocycles. The predicted molar refractivity (Wildman–Crippen MR) is 82.3 cm³/mol. The number of nitrogens with one attached hydrogen (secondary N) is 1. The molecule has 0 aliphatic rings. The lowest BCUT2D eigenvalue weighted by Crippen LogP contribution is -1.88. The Morgan fingerprint density at radius 1 is 1.22 bits per heavy atom. The summed E-state index contributed by atoms with van der Waals surface area (Å²) in [6.07, 6.45) is 3.51. The quantitative estimate of drug-likeness (QED) is 0.682. The zero-order valence-corrected chi connectivity index (χ0v) is 12.2. The van der Waals surface area contributed by atoms with Gasteiger partial charge >= 0.3 is 0 Å². The van der Waals surface area contributed by atoms with Gasteiger partial charge in [-0.25, -0.2) is 0 Å². The molecule has 0 radical (unpaired) electrons. The van der Waals surface area contributed by atoms with Crippen LogP contribution in [0.2, 0.25) is 0 Å². The number of nitrogens with zero attached hydrogens (tertiary/aromatic N) is 2. The first kappa shape index (κ1) is 11.7. The van der Waals surface area contributed by atoms with E-state index in [0.717, 1.165) is 22.4 Å². The number of rotatable bonds is 2. The van der Waals surface area contributed by atoms with Gasteiger partial charge in [-0.15, -0.1) is 11.3 Å². The molecule has 18 heavy (non-hydrogen) atoms. The van der Waals surface area contributed by atoms with Crippen molar-refractivity contribution in [2.24, 2.45) is 0 Å². The predicted octanol–water partition coefficient (Wildman–Crippen LogP) is 3.39. The molecule has 4 nitrogen and oxygen atoms in total. The Bertz CT molecular complexity index is 674. The van der Waals surface area contributed by atoms with Crippen LogP contribution in [0, 0.1) is 2.88 Å². The summed E-state index contributed by atoms with van der Waals surface area (Å²) >= 11 is 4.00. The van der Waals surface area contributed by atoms with Crippen LogP contribution in [0.15, 0.2) is 36.0 Å². The highest BCUT2D eigenvalue weighted by Gasteiger charge is 2.15. The molecule has 0 saturated carbocycles. The van der Waals surface area contributed by atoms with E-state index in [1.807, 2.05) is 12.1 Å². The smallest absolute Gasteiger partial charge is 0.153 e. The van der Waals surface area contributed by atoms with Crippen LogP contribution >= 0.6 is 33.9 Å². The average molecular weight is 368 g/mol. The van der Waals surface area contributed by atoms with Crippen molar-refractivity contribution in [3.05, 3.63) is 38.9 Å². The molecular weight excluding hydrogens is 359 g/mol. The second-order valence-electron chi connectivity index (χ2n) is 3.73. The summed E-state index contributed by atoms with van der Waals surface area (Å²) in [6, 6.07) is 5.98. The minimum atomic E-state index is 0.511. The summed E-state index contributed by atoms with van der Waals surface area (Å²) in [7, 11) is 0. The molecule has 0 fully saturated rings. The molecule has 0 amide bonds. The number of H-pyrrole nitrogens is 1. The molecule has 0 aliphatic carbocycles. The van der Waals surface area contributed by atoms with Crippen LogP contribution in [0.4, 0.5) is 5.82 Å². The highest BCUT2D eigenvalue weighted by Crippen LogP contribution is 2.36. The topological polar surface area (TPSA) is 67.6 Å². The molecule has 0 saturated heterocycles. The second-order valence-corrected chi connectivity index (χ2v) is 6.54. The second kappa shape index (κ2) is 4.69. The van der Waals surface area contributed by atoms with E-state index in [1.54, 1.807) is 23.7 Å². The van der Waals surface area contributed by atoms with E-state index < -0.39 is 0 Å². The maximum Gasteiger partial charge on any atom is 0.153 e. The lowest BCUT2D eigenvalue weighted by Gasteiger charge is -2.02. The van der Waals surface area contributed by atoms with Crippen LogP contribution in [-0.4, -0.2) is 15.2 Å². The van der Waals surface area contributed by atoms with Crippen LogP contribution < -0.4 is 5.73 Å². The first-order chi connectivity index (χ1) is 8.75. The fourth-order valence-corrected chi connectivity index (χ4v) is 3.15. The average Bonchev–Trinajstić information content (AvgIpc) is 2.96. The molecule has 3 heterocycles. The third-order valence-corrected chi connectivity index (χ3v) is 4.41. The number of thiophene rings is 1. The summed E-state index contributed by atoms with van der Waals surface area (Å²) in [5.41, 5.74) is 9.98. The highest BCUT2D eigenvalue weighted by atomic mass is 127. The fraction of sp³-hybridized carbons (Fsp3) is 0. The van der Waals surface area contributed by atoms with Gasteiger partial charge in [0.2, 0.25) is 0 Å². The zero-order valence-electron chi connectivity index (χ0n) is 9.22. The Morgan fingerprint density at radius 2 is 2.00 bits per heavy atom. The number of aromatic amines is 1. The highest BCUT2D eigenvalue weighted by molar-refractivity contribution is 14.1. The van der Waals surface area contributed by atoms with Crippen molar-refractivity contribution in [3.63, 3.8) is 0 Å². The van der Waals surface area contributed by atoms with Crippen LogP contribution in [0.5, 0.6) is 0 Å². The van der Waals surface area contributed by atoms with E-state index >= 15 is 0 Å². The number of anilines is 1. The molecule has 0 atom stereocenters. The minimum absolute atomic E-state index is 0.511. The summed E-state index contributed by atoms with van der Waals surface area (Å²) in [5.74, 6) is 0.511. The van der Waals surface area contributed by atoms with Gasteiger partial charge in [-0.1, -0.05) is 0 Å². The van der Waals surface area contributed by atoms with E-state index in [2.05, 4.69) is 49.2 Å². The first-order valence-electron chi connectivity index (χ1n) is 5.24. The summed E-state index contributed by atoms with van der Waals surface area (Å²) in [4.78, 5) is 4.02. The number of hydrogen-bond donors (Lipinski definition) is 2. The van der Waals surface area contributed by atoms with Crippen molar-refractivity contribution in [3.8, 4) is 22.4 Å². The Balaban J connectivity index is 2.18. The Kier molecular flexibility index (Phi) is 3.04. The molecule has 0 spiro atoms. The molecule has 0 bridgehead atoms. The Hall–Kier alpha value is -1.41. The first-order valence-corrected chi connectivity index (χ1v) is 7.20. The summed E-state index contributed by atoms with van der Waals surface area (Å²) in [6.45, 7) is 0. The number of pyridine rings is 1. The van der Waals surface area contributed by atoms with Crippen LogP contribution in [0.25, 0.3) is 22.4 Å². The van der Waals surface area contributed by atoms with Crippen molar-refractivity contribution < 1.29 is 0 Å². The van der Waals surface area contributed by atoms with E-state index in [-0.39, 0.29) is 0 Å². The summed E-state index contributed by atoms with van der Waals surface area (Å²) < 4.78 is 1.23. The molecule has 3 aromatic heterocycles. The lowest BCUT2D eigenvalue weighted by atomic mass is 10.0. The molecular formula is C12H9IN4S. The van der Waals surface area contributed by atoms with E-state index in [4.69, 9.17) is 5.73 Å². The monoisotopic (exact) mass is 368 g/mol. The maximum atomic E-state index is 5.96. The van der Waals surface area contributed by atoms with Crippen LogP contribution in [0.3, 0.4) is 0 Å². The van der Waals surface area contributed by atoms with Gasteiger partial charge in [0, 0.05) is 23.3 Å². The molecule has 0 unspecified atom stereocenters. The zero-order chi connectivity index (χ0) is 12.5. The molecule has 3 rings (SSSR count). The number of nitrogens with two attached hydrogens (primary N) is 1. The van der Waals surface area contributed by atoms with Gasteiger partial charge in [-0.2, -0.15) is 5.10 Å². The third-order valence-electron chi connectivity index (χ3n) is 2.62. The van der Waals surface area contributed by atoms with Crippen molar-refractivity contribution >= 4 is 39.7 Å². The molecule has 90 valence electrons. The molecule has 3 N–H and O–H groups in total. The molecule has 3 aromatic rings. The van der Waals surface area contributed by atoms with Gasteiger partial charge in [0.1, 0.15) is 0 Å². The van der Waals surface area contributed by atoms with Crippen LogP contribution in [0.1, 0.15) is 0 Å². The third kappa shape index (κ3) is 2.01. The van der Waals surface area contributed by atoms with E-state index in [1.165, 1.54) is 2.88 Å². The van der Waals surface area contributed by atoms with Gasteiger partial charge in [-0.05, 0) is 46.4 Å². The van der Waals surface area contributed by atoms with Crippen molar-refractivity contribution in [1.29, 1.82) is 0 Å². The van der Waals surface area contributed by atoms with Gasteiger partial charge in [-0.3, -0.25) is 10.1 Å². The molecule has 6 heteroatoms. The SMILES string of the molecule is Nc1n[nH]c(-c2csc(I)c2)c1-c1ccncc1. The number of aromatic nitrogens is 3. The maximum absolute atomic E-state index is 5.96. The van der Waals surface area contributed by atoms with Crippen molar-refractivity contribution in [1.82, 2.24) is 15.2 Å². The molecule has 0 aliphatic heterocycles. The van der Waals surface area contributed by atoms with Gasteiger partial charge < -0.3 is 5.73 Å². The van der Waals surface area contributed by atoms with Gasteiger partial charge in [0.15, 0.2) is 5.82 Å². The Labute approximate surface area is 121 Å². The summed E-state index contributed by atoms with van der Waals surface area (Å²) in [5, 5.41) is 9.22. The number of hydrogen-bond acceptors (Lipinski definition) is 4. The van der Waals surface area contributed by atoms with Crippen LogP contribution in [-0.2, 0) is 0 Å². The standard InChI is InChI=1S/C12H9IN4S/c13-9-5-8(6-18-9)11-10(12(14)17-16-11)7-1-3-15-4-2-7/h1-6H,(H3,14,16,17). The minimum Gasteiger partial charge on any atom is -0.382 e. The van der Waals surface area contributed by atoms with Gasteiger partial charge in [0.05, 0.1) is 14.1 Å². The van der Waals surface area contributed by atoms with Crippen molar-refractivity contribution in [2.45, 2.75) is 0 Å². The van der Waals surface area contributed by atoms with E-state index in [0.29, 0.717) is 5.82 Å². The number of nitrogen functional groups attached to an aromatic ring is 1. The number of halogens is 1. The Morgan fingerprint density at radius 3 is 2.67 bits per heavy atom. The van der Waals surface area contributed by atoms with Gasteiger partial charge in [0.25, 0.3) is 0 Å². The van der Waals surface area contributed by atoms with E-state index in [9.17, 15) is 0 Å².